The van der Waals surface area contributed by atoms with E-state index in [2.05, 4.69) is 4.98 Å². The first-order valence-corrected chi connectivity index (χ1v) is 6.12. The molecule has 1 aromatic rings. The molecule has 0 radical (unpaired) electrons. The molecule has 0 unspecified atom stereocenters. The predicted octanol–water partition coefficient (Wildman–Crippen LogP) is 2.44. The maximum absolute atomic E-state index is 12.3. The average Bonchev–Trinajstić information content (AvgIpc) is 2.38. The van der Waals surface area contributed by atoms with Crippen molar-refractivity contribution in [3.05, 3.63) is 44.7 Å². The Balaban J connectivity index is 2.34. The minimum Gasteiger partial charge on any atom is -0.334 e. The van der Waals surface area contributed by atoms with Gasteiger partial charge in [-0.2, -0.15) is 0 Å². The van der Waals surface area contributed by atoms with Crippen LogP contribution in [0.4, 0.5) is 5.69 Å². The SMILES string of the molecule is CC1=CCN(C(=O)c2ccnc(Cl)c2[N+](=O)[O-])CC1. The standard InChI is InChI=1S/C12H12ClN3O3/c1-8-3-6-15(7-4-8)12(17)9-2-5-14-11(13)10(9)16(18)19/h2-3,5H,4,6-7H2,1H3. The van der Waals surface area contributed by atoms with E-state index in [1.165, 1.54) is 17.8 Å². The first-order valence-electron chi connectivity index (χ1n) is 5.74. The molecule has 0 spiro atoms. The minimum atomic E-state index is -0.673. The molecule has 19 heavy (non-hydrogen) atoms. The lowest BCUT2D eigenvalue weighted by Gasteiger charge is -2.25. The van der Waals surface area contributed by atoms with Crippen molar-refractivity contribution in [1.82, 2.24) is 9.88 Å². The fourth-order valence-corrected chi connectivity index (χ4v) is 2.13. The van der Waals surface area contributed by atoms with Gasteiger partial charge in [0.05, 0.1) is 4.92 Å². The first kappa shape index (κ1) is 13.5. The zero-order valence-corrected chi connectivity index (χ0v) is 11.1. The lowest BCUT2D eigenvalue weighted by Crippen LogP contribution is -2.35. The highest BCUT2D eigenvalue weighted by atomic mass is 35.5. The molecule has 2 rings (SSSR count). The van der Waals surface area contributed by atoms with Crippen LogP contribution in [0.3, 0.4) is 0 Å². The van der Waals surface area contributed by atoms with Crippen LogP contribution in [-0.4, -0.2) is 33.8 Å². The summed E-state index contributed by atoms with van der Waals surface area (Å²) in [7, 11) is 0. The van der Waals surface area contributed by atoms with Crippen molar-refractivity contribution in [2.24, 2.45) is 0 Å². The molecular formula is C12H12ClN3O3. The summed E-state index contributed by atoms with van der Waals surface area (Å²) in [6, 6.07) is 1.33. The van der Waals surface area contributed by atoms with Gasteiger partial charge in [0.15, 0.2) is 0 Å². The van der Waals surface area contributed by atoms with E-state index in [0.717, 1.165) is 6.42 Å². The molecule has 7 heteroatoms. The lowest BCUT2D eigenvalue weighted by atomic mass is 10.1. The molecule has 6 nitrogen and oxygen atoms in total. The first-order chi connectivity index (χ1) is 9.00. The smallest absolute Gasteiger partial charge is 0.319 e. The minimum absolute atomic E-state index is 0.0158. The quantitative estimate of drug-likeness (QED) is 0.361. The predicted molar refractivity (Wildman–Crippen MR) is 70.2 cm³/mol. The third kappa shape index (κ3) is 2.73. The van der Waals surface area contributed by atoms with Crippen LogP contribution >= 0.6 is 11.6 Å². The van der Waals surface area contributed by atoms with Gasteiger partial charge in [0.1, 0.15) is 5.56 Å². The molecule has 1 aliphatic rings. The van der Waals surface area contributed by atoms with Gasteiger partial charge in [-0.1, -0.05) is 23.3 Å². The van der Waals surface area contributed by atoms with Gasteiger partial charge in [-0.3, -0.25) is 14.9 Å². The molecular weight excluding hydrogens is 270 g/mol. The number of carbonyl (C=O) groups is 1. The third-order valence-electron chi connectivity index (χ3n) is 3.02. The van der Waals surface area contributed by atoms with Crippen LogP contribution in [0.5, 0.6) is 0 Å². The number of rotatable bonds is 2. The molecule has 0 aliphatic carbocycles. The Morgan fingerprint density at radius 1 is 1.58 bits per heavy atom. The third-order valence-corrected chi connectivity index (χ3v) is 3.29. The Labute approximate surface area is 114 Å². The van der Waals surface area contributed by atoms with Gasteiger partial charge in [0.2, 0.25) is 5.15 Å². The van der Waals surface area contributed by atoms with Gasteiger partial charge in [-0.05, 0) is 19.4 Å². The number of carbonyl (C=O) groups excluding carboxylic acids is 1. The topological polar surface area (TPSA) is 76.3 Å². The molecule has 1 aliphatic heterocycles. The van der Waals surface area contributed by atoms with E-state index >= 15 is 0 Å². The highest BCUT2D eigenvalue weighted by molar-refractivity contribution is 6.32. The summed E-state index contributed by atoms with van der Waals surface area (Å²) in [6.45, 7) is 3.01. The molecule has 0 saturated carbocycles. The molecule has 0 N–H and O–H groups in total. The Morgan fingerprint density at radius 3 is 2.89 bits per heavy atom. The largest absolute Gasteiger partial charge is 0.334 e. The number of hydrogen-bond donors (Lipinski definition) is 0. The number of nitro groups is 1. The van der Waals surface area contributed by atoms with Gasteiger partial charge >= 0.3 is 5.69 Å². The lowest BCUT2D eigenvalue weighted by molar-refractivity contribution is -0.385. The van der Waals surface area contributed by atoms with E-state index in [1.807, 2.05) is 13.0 Å². The molecule has 0 aromatic carbocycles. The summed E-state index contributed by atoms with van der Waals surface area (Å²) >= 11 is 5.70. The number of hydrogen-bond acceptors (Lipinski definition) is 4. The normalized spacial score (nSPS) is 15.1. The number of pyridine rings is 1. The maximum atomic E-state index is 12.3. The van der Waals surface area contributed by atoms with Gasteiger partial charge in [-0.15, -0.1) is 0 Å². The summed E-state index contributed by atoms with van der Waals surface area (Å²) in [4.78, 5) is 27.8. The summed E-state index contributed by atoms with van der Waals surface area (Å²) in [5.41, 5.74) is 0.768. The second kappa shape index (κ2) is 5.36. The monoisotopic (exact) mass is 281 g/mol. The van der Waals surface area contributed by atoms with E-state index in [9.17, 15) is 14.9 Å². The maximum Gasteiger partial charge on any atom is 0.319 e. The Bertz CT molecular complexity index is 571. The highest BCUT2D eigenvalue weighted by Crippen LogP contribution is 2.27. The Morgan fingerprint density at radius 2 is 2.32 bits per heavy atom. The van der Waals surface area contributed by atoms with E-state index in [-0.39, 0.29) is 16.6 Å². The number of aromatic nitrogens is 1. The van der Waals surface area contributed by atoms with Crippen molar-refractivity contribution in [2.75, 3.05) is 13.1 Å². The molecule has 0 saturated heterocycles. The molecule has 0 atom stereocenters. The number of halogens is 1. The van der Waals surface area contributed by atoms with Crippen LogP contribution in [0.1, 0.15) is 23.7 Å². The number of amides is 1. The van der Waals surface area contributed by atoms with Crippen molar-refractivity contribution in [3.8, 4) is 0 Å². The summed E-state index contributed by atoms with van der Waals surface area (Å²) < 4.78 is 0. The second-order valence-electron chi connectivity index (χ2n) is 4.31. The zero-order valence-electron chi connectivity index (χ0n) is 10.3. The summed E-state index contributed by atoms with van der Waals surface area (Å²) in [5, 5.41) is 10.7. The fraction of sp³-hybridized carbons (Fsp3) is 0.333. The van der Waals surface area contributed by atoms with Crippen molar-refractivity contribution < 1.29 is 9.72 Å². The van der Waals surface area contributed by atoms with Crippen LogP contribution in [0, 0.1) is 10.1 Å². The zero-order chi connectivity index (χ0) is 14.0. The van der Waals surface area contributed by atoms with Crippen molar-refractivity contribution in [1.29, 1.82) is 0 Å². The van der Waals surface area contributed by atoms with E-state index < -0.39 is 10.6 Å². The molecule has 0 bridgehead atoms. The summed E-state index contributed by atoms with van der Waals surface area (Å²) in [6.07, 6.45) is 4.02. The average molecular weight is 282 g/mol. The summed E-state index contributed by atoms with van der Waals surface area (Å²) in [5.74, 6) is -0.389. The van der Waals surface area contributed by atoms with Crippen LogP contribution in [0.15, 0.2) is 23.9 Å². The van der Waals surface area contributed by atoms with Gasteiger partial charge < -0.3 is 4.90 Å². The molecule has 2 heterocycles. The van der Waals surface area contributed by atoms with Crippen LogP contribution in [-0.2, 0) is 0 Å². The van der Waals surface area contributed by atoms with Crippen LogP contribution in [0.2, 0.25) is 5.15 Å². The van der Waals surface area contributed by atoms with Crippen molar-refractivity contribution >= 4 is 23.2 Å². The molecule has 1 aromatic heterocycles. The highest BCUT2D eigenvalue weighted by Gasteiger charge is 2.28. The second-order valence-corrected chi connectivity index (χ2v) is 4.66. The molecule has 100 valence electrons. The Hall–Kier alpha value is -1.95. The van der Waals surface area contributed by atoms with E-state index in [1.54, 1.807) is 4.90 Å². The Kier molecular flexibility index (Phi) is 3.80. The molecule has 1 amide bonds. The van der Waals surface area contributed by atoms with Crippen molar-refractivity contribution in [2.45, 2.75) is 13.3 Å². The molecule has 0 fully saturated rings. The van der Waals surface area contributed by atoms with E-state index in [4.69, 9.17) is 11.6 Å². The van der Waals surface area contributed by atoms with Crippen LogP contribution < -0.4 is 0 Å². The van der Waals surface area contributed by atoms with Gasteiger partial charge in [0.25, 0.3) is 5.91 Å². The van der Waals surface area contributed by atoms with Gasteiger partial charge in [0, 0.05) is 19.3 Å². The van der Waals surface area contributed by atoms with E-state index in [0.29, 0.717) is 13.1 Å². The van der Waals surface area contributed by atoms with Crippen molar-refractivity contribution in [3.63, 3.8) is 0 Å². The number of nitrogens with zero attached hydrogens (tertiary/aromatic N) is 3. The van der Waals surface area contributed by atoms with Crippen LogP contribution in [0.25, 0.3) is 0 Å². The fourth-order valence-electron chi connectivity index (χ4n) is 1.90. The van der Waals surface area contributed by atoms with Gasteiger partial charge in [-0.25, -0.2) is 4.98 Å².